The van der Waals surface area contributed by atoms with Gasteiger partial charge in [0.2, 0.25) is 0 Å². The zero-order chi connectivity index (χ0) is 13.0. The van der Waals surface area contributed by atoms with Crippen molar-refractivity contribution >= 4 is 29.5 Å². The van der Waals surface area contributed by atoms with E-state index in [0.717, 1.165) is 6.07 Å². The number of hydrogen-bond acceptors (Lipinski definition) is 3. The van der Waals surface area contributed by atoms with Crippen molar-refractivity contribution in [3.63, 3.8) is 0 Å². The standard InChI is InChI=1S/C10H10ClN3O3/c1-13(2)6-12-10(15)8-4-3-7(14(16)17)5-9(8)11/h3-6H,1-2H3/b12-6-. The molecule has 0 atom stereocenters. The zero-order valence-corrected chi connectivity index (χ0v) is 10.0. The van der Waals surface area contributed by atoms with Gasteiger partial charge >= 0.3 is 0 Å². The highest BCUT2D eigenvalue weighted by atomic mass is 35.5. The lowest BCUT2D eigenvalue weighted by atomic mass is 10.2. The molecule has 1 aromatic rings. The topological polar surface area (TPSA) is 75.8 Å². The molecule has 0 aliphatic carbocycles. The van der Waals surface area contributed by atoms with E-state index < -0.39 is 10.8 Å². The number of nitrogens with zero attached hydrogens (tertiary/aromatic N) is 3. The fourth-order valence-electron chi connectivity index (χ4n) is 1.03. The molecule has 0 aromatic heterocycles. The molecule has 0 N–H and O–H groups in total. The number of hydrogen-bond donors (Lipinski definition) is 0. The van der Waals surface area contributed by atoms with Gasteiger partial charge in [0, 0.05) is 26.2 Å². The summed E-state index contributed by atoms with van der Waals surface area (Å²) in [4.78, 5) is 26.7. The van der Waals surface area contributed by atoms with Crippen LogP contribution >= 0.6 is 11.6 Å². The summed E-state index contributed by atoms with van der Waals surface area (Å²) in [5.74, 6) is -0.543. The number of non-ortho nitro benzene ring substituents is 1. The minimum atomic E-state index is -0.580. The number of aliphatic imine (C=N–C) groups is 1. The third-order valence-corrected chi connectivity index (χ3v) is 2.11. The Balaban J connectivity index is 3.00. The fourth-order valence-corrected chi connectivity index (χ4v) is 1.28. The van der Waals surface area contributed by atoms with E-state index in [-0.39, 0.29) is 16.3 Å². The van der Waals surface area contributed by atoms with Crippen LogP contribution in [0.5, 0.6) is 0 Å². The average Bonchev–Trinajstić information content (AvgIpc) is 2.25. The first-order valence-corrected chi connectivity index (χ1v) is 4.98. The second kappa shape index (κ2) is 5.40. The number of carbonyl (C=O) groups is 1. The maximum atomic E-state index is 11.6. The molecular weight excluding hydrogens is 246 g/mol. The summed E-state index contributed by atoms with van der Waals surface area (Å²) in [5.41, 5.74) is -0.0292. The van der Waals surface area contributed by atoms with E-state index in [2.05, 4.69) is 4.99 Å². The molecule has 0 aliphatic heterocycles. The summed E-state index contributed by atoms with van der Waals surface area (Å²) in [6, 6.07) is 3.63. The van der Waals surface area contributed by atoms with Crippen LogP contribution in [0.25, 0.3) is 0 Å². The van der Waals surface area contributed by atoms with Gasteiger partial charge in [-0.2, -0.15) is 4.99 Å². The van der Waals surface area contributed by atoms with Gasteiger partial charge in [-0.05, 0) is 6.07 Å². The second-order valence-corrected chi connectivity index (χ2v) is 3.84. The van der Waals surface area contributed by atoms with Crippen molar-refractivity contribution in [3.05, 3.63) is 38.9 Å². The summed E-state index contributed by atoms with van der Waals surface area (Å²) in [7, 11) is 3.43. The number of carbonyl (C=O) groups excluding carboxylic acids is 1. The van der Waals surface area contributed by atoms with Crippen LogP contribution in [0, 0.1) is 10.1 Å². The molecule has 0 saturated carbocycles. The lowest BCUT2D eigenvalue weighted by Crippen LogP contribution is -2.10. The third kappa shape index (κ3) is 3.53. The van der Waals surface area contributed by atoms with Crippen molar-refractivity contribution in [2.24, 2.45) is 4.99 Å². The maximum absolute atomic E-state index is 11.6. The Hall–Kier alpha value is -1.95. The minimum Gasteiger partial charge on any atom is -0.369 e. The molecule has 0 bridgehead atoms. The summed E-state index contributed by atoms with van der Waals surface area (Å²) < 4.78 is 0. The van der Waals surface area contributed by atoms with Crippen LogP contribution < -0.4 is 0 Å². The largest absolute Gasteiger partial charge is 0.369 e. The molecule has 0 unspecified atom stereocenters. The van der Waals surface area contributed by atoms with Crippen molar-refractivity contribution in [1.29, 1.82) is 0 Å². The Morgan fingerprint density at radius 1 is 1.53 bits per heavy atom. The predicted octanol–water partition coefficient (Wildman–Crippen LogP) is 1.98. The number of nitro groups is 1. The summed E-state index contributed by atoms with van der Waals surface area (Å²) in [6.45, 7) is 0. The summed E-state index contributed by atoms with van der Waals surface area (Å²) >= 11 is 5.77. The van der Waals surface area contributed by atoms with Crippen LogP contribution in [0.4, 0.5) is 5.69 Å². The van der Waals surface area contributed by atoms with Gasteiger partial charge in [0.15, 0.2) is 0 Å². The van der Waals surface area contributed by atoms with Crippen LogP contribution in [-0.2, 0) is 0 Å². The van der Waals surface area contributed by atoms with E-state index in [1.54, 1.807) is 19.0 Å². The normalized spacial score (nSPS) is 10.5. The van der Waals surface area contributed by atoms with Crippen LogP contribution in [-0.4, -0.2) is 36.2 Å². The molecule has 6 nitrogen and oxygen atoms in total. The maximum Gasteiger partial charge on any atom is 0.279 e. The lowest BCUT2D eigenvalue weighted by Gasteiger charge is -2.02. The zero-order valence-electron chi connectivity index (χ0n) is 9.25. The average molecular weight is 256 g/mol. The molecule has 0 radical (unpaired) electrons. The van der Waals surface area contributed by atoms with Gasteiger partial charge < -0.3 is 4.90 Å². The van der Waals surface area contributed by atoms with E-state index >= 15 is 0 Å². The number of rotatable bonds is 3. The highest BCUT2D eigenvalue weighted by Gasteiger charge is 2.13. The van der Waals surface area contributed by atoms with Gasteiger partial charge in [-0.15, -0.1) is 0 Å². The van der Waals surface area contributed by atoms with E-state index in [1.807, 2.05) is 0 Å². The molecule has 0 saturated heterocycles. The van der Waals surface area contributed by atoms with Crippen LogP contribution in [0.3, 0.4) is 0 Å². The third-order valence-electron chi connectivity index (χ3n) is 1.80. The van der Waals surface area contributed by atoms with E-state index in [9.17, 15) is 14.9 Å². The summed E-state index contributed by atoms with van der Waals surface area (Å²) in [6.07, 6.45) is 1.33. The smallest absolute Gasteiger partial charge is 0.279 e. The first-order valence-electron chi connectivity index (χ1n) is 4.60. The van der Waals surface area contributed by atoms with Crippen LogP contribution in [0.1, 0.15) is 10.4 Å². The Morgan fingerprint density at radius 2 is 2.18 bits per heavy atom. The molecule has 90 valence electrons. The van der Waals surface area contributed by atoms with Crippen LogP contribution in [0.2, 0.25) is 5.02 Å². The minimum absolute atomic E-state index is 0.0140. The molecule has 0 spiro atoms. The molecule has 7 heteroatoms. The van der Waals surface area contributed by atoms with Gasteiger partial charge in [0.05, 0.1) is 21.8 Å². The number of halogens is 1. The molecule has 0 heterocycles. The molecule has 1 aromatic carbocycles. The van der Waals surface area contributed by atoms with E-state index in [0.29, 0.717) is 0 Å². The van der Waals surface area contributed by atoms with E-state index in [4.69, 9.17) is 11.6 Å². The predicted molar refractivity (Wildman–Crippen MR) is 64.6 cm³/mol. The van der Waals surface area contributed by atoms with Crippen molar-refractivity contribution in [3.8, 4) is 0 Å². The Morgan fingerprint density at radius 3 is 2.65 bits per heavy atom. The fraction of sp³-hybridized carbons (Fsp3) is 0.200. The van der Waals surface area contributed by atoms with E-state index in [1.165, 1.54) is 18.5 Å². The molecule has 1 rings (SSSR count). The number of benzene rings is 1. The first kappa shape index (κ1) is 13.1. The lowest BCUT2D eigenvalue weighted by molar-refractivity contribution is -0.384. The number of nitro benzene ring substituents is 1. The van der Waals surface area contributed by atoms with Gasteiger partial charge in [-0.25, -0.2) is 0 Å². The Bertz CT molecular complexity index is 486. The molecule has 0 fully saturated rings. The van der Waals surface area contributed by atoms with Crippen LogP contribution in [0.15, 0.2) is 23.2 Å². The highest BCUT2D eigenvalue weighted by molar-refractivity contribution is 6.34. The van der Waals surface area contributed by atoms with Crippen molar-refractivity contribution < 1.29 is 9.72 Å². The number of amides is 1. The van der Waals surface area contributed by atoms with Crippen molar-refractivity contribution in [2.45, 2.75) is 0 Å². The van der Waals surface area contributed by atoms with Gasteiger partial charge in [-0.3, -0.25) is 14.9 Å². The molecule has 17 heavy (non-hydrogen) atoms. The molecule has 1 amide bonds. The second-order valence-electron chi connectivity index (χ2n) is 3.43. The Labute approximate surface area is 103 Å². The first-order chi connectivity index (χ1) is 7.91. The van der Waals surface area contributed by atoms with Crippen molar-refractivity contribution in [2.75, 3.05) is 14.1 Å². The summed E-state index contributed by atoms with van der Waals surface area (Å²) in [5, 5.41) is 10.5. The monoisotopic (exact) mass is 255 g/mol. The quantitative estimate of drug-likeness (QED) is 0.358. The van der Waals surface area contributed by atoms with Crippen molar-refractivity contribution in [1.82, 2.24) is 4.90 Å². The SMILES string of the molecule is CN(C)/C=N\C(=O)c1ccc([N+](=O)[O-])cc1Cl. The van der Waals surface area contributed by atoms with Gasteiger partial charge in [0.25, 0.3) is 11.6 Å². The Kier molecular flexibility index (Phi) is 4.17. The molecule has 0 aliphatic rings. The van der Waals surface area contributed by atoms with Gasteiger partial charge in [0.1, 0.15) is 0 Å². The highest BCUT2D eigenvalue weighted by Crippen LogP contribution is 2.22. The van der Waals surface area contributed by atoms with Gasteiger partial charge in [-0.1, -0.05) is 11.6 Å². The molecular formula is C10H10ClN3O3.